The monoisotopic (exact) mass is 526 g/mol. The summed E-state index contributed by atoms with van der Waals surface area (Å²) >= 11 is 0. The number of nitrogens with zero attached hydrogens (tertiary/aromatic N) is 1. The van der Waals surface area contributed by atoms with Crippen molar-refractivity contribution >= 4 is 30.8 Å². The molecule has 0 aliphatic rings. The first-order valence-electron chi connectivity index (χ1n) is 11.1. The number of aromatic nitrogens is 1. The van der Waals surface area contributed by atoms with Crippen molar-refractivity contribution in [1.29, 1.82) is 0 Å². The summed E-state index contributed by atoms with van der Waals surface area (Å²) in [6.07, 6.45) is 3.47. The quantitative estimate of drug-likeness (QED) is 0.221. The molecule has 0 fully saturated rings. The molecule has 0 radical (unpaired) electrons. The van der Waals surface area contributed by atoms with Gasteiger partial charge in [0.15, 0.2) is 0 Å². The van der Waals surface area contributed by atoms with Crippen molar-refractivity contribution in [2.24, 2.45) is 0 Å². The van der Waals surface area contributed by atoms with Gasteiger partial charge in [-0.1, -0.05) is 60.7 Å². The van der Waals surface area contributed by atoms with Crippen LogP contribution in [0.15, 0.2) is 97.3 Å². The number of hydrogen-bond acceptors (Lipinski definition) is 5. The topological polar surface area (TPSA) is 91.7 Å². The minimum atomic E-state index is -1.05. The largest absolute Gasteiger partial charge is 0.478 e. The first-order chi connectivity index (χ1) is 16.6. The van der Waals surface area contributed by atoms with Gasteiger partial charge in [-0.2, -0.15) is 0 Å². The third-order valence-electron chi connectivity index (χ3n) is 5.47. The summed E-state index contributed by atoms with van der Waals surface area (Å²) in [5.74, 6) is -0.309. The van der Waals surface area contributed by atoms with Crippen LogP contribution < -0.4 is 10.1 Å². The Bertz CT molecular complexity index is 1220. The van der Waals surface area contributed by atoms with E-state index < -0.39 is 12.1 Å². The fourth-order valence-electron chi connectivity index (χ4n) is 3.63. The van der Waals surface area contributed by atoms with E-state index in [9.17, 15) is 15.0 Å². The van der Waals surface area contributed by atoms with Gasteiger partial charge in [-0.05, 0) is 59.5 Å². The van der Waals surface area contributed by atoms with Gasteiger partial charge in [-0.3, -0.25) is 4.98 Å². The molecule has 0 saturated heterocycles. The summed E-state index contributed by atoms with van der Waals surface area (Å²) in [6, 6.07) is 26.3. The number of hydrogen-bond donors (Lipinski definition) is 3. The first kappa shape index (κ1) is 28.8. The van der Waals surface area contributed by atoms with Crippen LogP contribution in [-0.4, -0.2) is 34.3 Å². The van der Waals surface area contributed by atoms with Crippen LogP contribution in [0.25, 0.3) is 11.1 Å². The summed E-state index contributed by atoms with van der Waals surface area (Å²) in [5, 5.41) is 23.1. The molecule has 36 heavy (non-hydrogen) atoms. The summed E-state index contributed by atoms with van der Waals surface area (Å²) in [6.45, 7) is 1.25. The van der Waals surface area contributed by atoms with Crippen molar-refractivity contribution in [3.05, 3.63) is 114 Å². The highest BCUT2D eigenvalue weighted by Crippen LogP contribution is 2.31. The zero-order valence-corrected chi connectivity index (χ0v) is 21.0. The van der Waals surface area contributed by atoms with Crippen molar-refractivity contribution in [3.8, 4) is 22.6 Å². The van der Waals surface area contributed by atoms with E-state index in [4.69, 9.17) is 4.74 Å². The number of aliphatic hydroxyl groups excluding tert-OH is 1. The second-order valence-corrected chi connectivity index (χ2v) is 7.88. The molecule has 4 rings (SSSR count). The van der Waals surface area contributed by atoms with E-state index >= 15 is 0 Å². The van der Waals surface area contributed by atoms with Crippen molar-refractivity contribution in [1.82, 2.24) is 10.3 Å². The highest BCUT2D eigenvalue weighted by atomic mass is 35.5. The number of pyridine rings is 1. The molecule has 0 aliphatic heterocycles. The van der Waals surface area contributed by atoms with Gasteiger partial charge in [0.2, 0.25) is 0 Å². The van der Waals surface area contributed by atoms with Crippen LogP contribution in [0.4, 0.5) is 0 Å². The Morgan fingerprint density at radius 3 is 2.31 bits per heavy atom. The van der Waals surface area contributed by atoms with Crippen molar-refractivity contribution < 1.29 is 19.7 Å². The van der Waals surface area contributed by atoms with Crippen LogP contribution in [0.3, 0.4) is 0 Å². The molecule has 0 aliphatic carbocycles. The molecule has 3 N–H and O–H groups in total. The molecule has 8 heteroatoms. The lowest BCUT2D eigenvalue weighted by Crippen LogP contribution is -2.23. The van der Waals surface area contributed by atoms with Gasteiger partial charge < -0.3 is 20.3 Å². The van der Waals surface area contributed by atoms with E-state index in [2.05, 4.69) is 22.4 Å². The number of aromatic carboxylic acids is 1. The van der Waals surface area contributed by atoms with Gasteiger partial charge in [0, 0.05) is 12.7 Å². The van der Waals surface area contributed by atoms with Crippen molar-refractivity contribution in [2.75, 3.05) is 13.1 Å². The maximum Gasteiger partial charge on any atom is 0.339 e. The number of halogens is 2. The molecule has 3 aromatic carbocycles. The average Bonchev–Trinajstić information content (AvgIpc) is 2.88. The highest BCUT2D eigenvalue weighted by Gasteiger charge is 2.14. The van der Waals surface area contributed by atoms with Gasteiger partial charge >= 0.3 is 5.97 Å². The fourth-order valence-corrected chi connectivity index (χ4v) is 3.63. The van der Waals surface area contributed by atoms with Gasteiger partial charge in [-0.25, -0.2) is 4.79 Å². The van der Waals surface area contributed by atoms with Gasteiger partial charge in [0.25, 0.3) is 0 Å². The van der Waals surface area contributed by atoms with Crippen LogP contribution in [0, 0.1) is 0 Å². The number of nitrogens with one attached hydrogen (secondary N) is 1. The Morgan fingerprint density at radius 1 is 0.917 bits per heavy atom. The smallest absolute Gasteiger partial charge is 0.339 e. The van der Waals surface area contributed by atoms with E-state index in [0.29, 0.717) is 12.3 Å². The molecule has 6 nitrogen and oxygen atoms in total. The Kier molecular flexibility index (Phi) is 11.4. The molecule has 0 saturated carbocycles. The molecule has 1 heterocycles. The van der Waals surface area contributed by atoms with E-state index in [1.54, 1.807) is 42.7 Å². The summed E-state index contributed by atoms with van der Waals surface area (Å²) in [4.78, 5) is 15.6. The van der Waals surface area contributed by atoms with Crippen LogP contribution in [-0.2, 0) is 6.42 Å². The second-order valence-electron chi connectivity index (χ2n) is 7.88. The van der Waals surface area contributed by atoms with Crippen molar-refractivity contribution in [2.45, 2.75) is 12.5 Å². The number of aliphatic hydroxyl groups is 1. The maximum absolute atomic E-state index is 11.6. The summed E-state index contributed by atoms with van der Waals surface area (Å²) in [5.41, 5.74) is 3.98. The number of carbonyl (C=O) groups is 1. The molecule has 0 amide bonds. The third kappa shape index (κ3) is 7.80. The molecular weight excluding hydrogens is 499 g/mol. The molecule has 4 aromatic rings. The average molecular weight is 527 g/mol. The molecule has 0 spiro atoms. The summed E-state index contributed by atoms with van der Waals surface area (Å²) in [7, 11) is 0. The zero-order valence-electron chi connectivity index (χ0n) is 19.4. The SMILES string of the molecule is Cl.Cl.O=C(O)c1ccc(-c2ccc(CCNC[C@H](O)c3ccccc3)cc2)cc1Oc1cccnc1. The highest BCUT2D eigenvalue weighted by molar-refractivity contribution is 5.92. The Morgan fingerprint density at radius 2 is 1.64 bits per heavy atom. The predicted molar refractivity (Wildman–Crippen MR) is 146 cm³/mol. The standard InChI is InChI=1S/C28H26N2O4.2ClH/c31-26(22-5-2-1-3-6-22)19-30-16-14-20-8-10-21(11-9-20)23-12-13-25(28(32)33)27(17-23)34-24-7-4-15-29-18-24;;/h1-13,15,17-18,26,30-31H,14,16,19H2,(H,32,33);2*1H/t26-;;/m0../s1. The van der Waals surface area contributed by atoms with Crippen LogP contribution in [0.5, 0.6) is 11.5 Å². The van der Waals surface area contributed by atoms with Crippen LogP contribution >= 0.6 is 24.8 Å². The van der Waals surface area contributed by atoms with E-state index in [-0.39, 0.29) is 36.1 Å². The van der Waals surface area contributed by atoms with E-state index in [1.807, 2.05) is 42.5 Å². The number of carboxylic acid groups (broad SMARTS) is 1. The molecular formula is C28H28Cl2N2O4. The number of rotatable bonds is 10. The summed E-state index contributed by atoms with van der Waals surface area (Å²) < 4.78 is 5.80. The minimum absolute atomic E-state index is 0. The molecule has 188 valence electrons. The zero-order chi connectivity index (χ0) is 23.8. The van der Waals surface area contributed by atoms with Crippen LogP contribution in [0.1, 0.15) is 27.6 Å². The third-order valence-corrected chi connectivity index (χ3v) is 5.47. The lowest BCUT2D eigenvalue weighted by molar-refractivity contribution is 0.0694. The lowest BCUT2D eigenvalue weighted by Gasteiger charge is -2.13. The molecule has 0 bridgehead atoms. The maximum atomic E-state index is 11.6. The van der Waals surface area contributed by atoms with E-state index in [0.717, 1.165) is 29.7 Å². The van der Waals surface area contributed by atoms with Gasteiger partial charge in [0.1, 0.15) is 17.1 Å². The minimum Gasteiger partial charge on any atom is -0.478 e. The fraction of sp³-hybridized carbons (Fsp3) is 0.143. The first-order valence-corrected chi connectivity index (χ1v) is 11.1. The lowest BCUT2D eigenvalue weighted by atomic mass is 10.0. The Labute approximate surface area is 222 Å². The van der Waals surface area contributed by atoms with E-state index in [1.165, 1.54) is 5.56 Å². The van der Waals surface area contributed by atoms with Crippen LogP contribution in [0.2, 0.25) is 0 Å². The number of carboxylic acids is 1. The molecule has 1 atom stereocenters. The predicted octanol–water partition coefficient (Wildman–Crippen LogP) is 5.95. The molecule has 0 unspecified atom stereocenters. The van der Waals surface area contributed by atoms with Gasteiger partial charge in [0.05, 0.1) is 12.3 Å². The second kappa shape index (κ2) is 14.2. The van der Waals surface area contributed by atoms with Gasteiger partial charge in [-0.15, -0.1) is 24.8 Å². The number of benzene rings is 3. The number of ether oxygens (including phenoxy) is 1. The molecule has 1 aromatic heterocycles. The normalized spacial score (nSPS) is 11.0. The Balaban J connectivity index is 0.00000228. The van der Waals surface area contributed by atoms with Crippen molar-refractivity contribution in [3.63, 3.8) is 0 Å². The Hall–Kier alpha value is -3.42.